The first-order valence-electron chi connectivity index (χ1n) is 8.41. The summed E-state index contributed by atoms with van der Waals surface area (Å²) in [5.74, 6) is 0. The molecule has 0 saturated heterocycles. The van der Waals surface area contributed by atoms with Gasteiger partial charge in [0.1, 0.15) is 0 Å². The van der Waals surface area contributed by atoms with Crippen molar-refractivity contribution in [3.05, 3.63) is 22.3 Å². The second-order valence-electron chi connectivity index (χ2n) is 6.07. The van der Waals surface area contributed by atoms with Crippen LogP contribution in [0.4, 0.5) is 0 Å². The van der Waals surface area contributed by atoms with Crippen LogP contribution in [0.2, 0.25) is 23.4 Å². The fourth-order valence-electron chi connectivity index (χ4n) is 3.08. The Kier molecular flexibility index (Phi) is 9.63. The standard InChI is InChI=1S/C5H2Cl2N.3C4H9.Sn/c6-4-1-5(7)3-8-2-4;3*1-3-4-2;/h1-2H;3*1,3-4H2,2H3;. The minimum atomic E-state index is -2.49. The van der Waals surface area contributed by atoms with Gasteiger partial charge in [0.25, 0.3) is 0 Å². The molecule has 21 heavy (non-hydrogen) atoms. The Morgan fingerprint density at radius 3 is 1.76 bits per heavy atom. The summed E-state index contributed by atoms with van der Waals surface area (Å²) in [6.07, 6.45) is 9.57. The van der Waals surface area contributed by atoms with E-state index in [1.165, 1.54) is 55.5 Å². The normalized spacial score (nSPS) is 11.9. The van der Waals surface area contributed by atoms with Crippen molar-refractivity contribution in [3.63, 3.8) is 0 Å². The average molecular weight is 437 g/mol. The van der Waals surface area contributed by atoms with Gasteiger partial charge in [-0.3, -0.25) is 0 Å². The van der Waals surface area contributed by atoms with Crippen molar-refractivity contribution in [2.45, 2.75) is 72.6 Å². The summed E-state index contributed by atoms with van der Waals surface area (Å²) in [4.78, 5) is 4.74. The van der Waals surface area contributed by atoms with Crippen molar-refractivity contribution in [2.75, 3.05) is 0 Å². The van der Waals surface area contributed by atoms with Crippen LogP contribution in [0.15, 0.2) is 12.3 Å². The second-order valence-corrected chi connectivity index (χ2v) is 19.9. The van der Waals surface area contributed by atoms with Crippen LogP contribution in [-0.4, -0.2) is 23.4 Å². The van der Waals surface area contributed by atoms with E-state index in [0.29, 0.717) is 5.02 Å². The summed E-state index contributed by atoms with van der Waals surface area (Å²) in [6, 6.07) is 1.90. The van der Waals surface area contributed by atoms with Gasteiger partial charge in [-0.05, 0) is 0 Å². The van der Waals surface area contributed by atoms with E-state index in [4.69, 9.17) is 28.2 Å². The molecule has 0 saturated carbocycles. The first-order valence-corrected chi connectivity index (χ1v) is 16.6. The quantitative estimate of drug-likeness (QED) is 0.384. The van der Waals surface area contributed by atoms with Crippen molar-refractivity contribution in [1.29, 1.82) is 0 Å². The van der Waals surface area contributed by atoms with Crippen LogP contribution in [0.25, 0.3) is 0 Å². The molecule has 0 atom stereocenters. The molecule has 4 heteroatoms. The summed E-state index contributed by atoms with van der Waals surface area (Å²) in [5, 5.41) is 1.49. The van der Waals surface area contributed by atoms with Crippen LogP contribution in [-0.2, 0) is 0 Å². The van der Waals surface area contributed by atoms with E-state index >= 15 is 0 Å². The fraction of sp³-hybridized carbons (Fsp3) is 0.706. The molecule has 1 rings (SSSR count). The molecule has 0 bridgehead atoms. The predicted octanol–water partition coefficient (Wildman–Crippen LogP) is 6.44. The van der Waals surface area contributed by atoms with Gasteiger partial charge in [0.2, 0.25) is 0 Å². The van der Waals surface area contributed by atoms with Crippen molar-refractivity contribution < 1.29 is 0 Å². The van der Waals surface area contributed by atoms with Gasteiger partial charge in [-0.2, -0.15) is 0 Å². The maximum atomic E-state index is 6.56. The summed E-state index contributed by atoms with van der Waals surface area (Å²) < 4.78 is 5.45. The first-order chi connectivity index (χ1) is 10.1. The van der Waals surface area contributed by atoms with E-state index < -0.39 is 18.4 Å². The third kappa shape index (κ3) is 5.91. The predicted molar refractivity (Wildman–Crippen MR) is 98.8 cm³/mol. The monoisotopic (exact) mass is 437 g/mol. The van der Waals surface area contributed by atoms with E-state index in [0.717, 1.165) is 5.02 Å². The molecule has 0 radical (unpaired) electrons. The molecule has 1 aromatic rings. The molecular weight excluding hydrogens is 408 g/mol. The third-order valence-electron chi connectivity index (χ3n) is 4.34. The van der Waals surface area contributed by atoms with Crippen LogP contribution in [0.3, 0.4) is 0 Å². The molecule has 0 aliphatic carbocycles. The van der Waals surface area contributed by atoms with Gasteiger partial charge in [-0.25, -0.2) is 0 Å². The zero-order valence-corrected chi connectivity index (χ0v) is 18.1. The summed E-state index contributed by atoms with van der Waals surface area (Å²) in [7, 11) is 0. The van der Waals surface area contributed by atoms with Crippen LogP contribution in [0.1, 0.15) is 59.3 Å². The molecule has 0 amide bonds. The van der Waals surface area contributed by atoms with Gasteiger partial charge in [0.15, 0.2) is 0 Å². The molecule has 0 N–H and O–H groups in total. The summed E-state index contributed by atoms with van der Waals surface area (Å²) in [5.41, 5.74) is 0. The molecule has 120 valence electrons. The number of halogens is 2. The van der Waals surface area contributed by atoms with E-state index in [-0.39, 0.29) is 0 Å². The number of hydrogen-bond donors (Lipinski definition) is 0. The van der Waals surface area contributed by atoms with Crippen molar-refractivity contribution in [1.82, 2.24) is 4.98 Å². The van der Waals surface area contributed by atoms with E-state index in [2.05, 4.69) is 20.8 Å². The molecular formula is C17H29Cl2NSn. The van der Waals surface area contributed by atoms with Gasteiger partial charge in [-0.15, -0.1) is 0 Å². The first kappa shape index (κ1) is 19.6. The Bertz CT molecular complexity index is 401. The number of nitrogens with zero attached hydrogens (tertiary/aromatic N) is 1. The van der Waals surface area contributed by atoms with Gasteiger partial charge in [0, 0.05) is 0 Å². The number of hydrogen-bond acceptors (Lipinski definition) is 1. The Balaban J connectivity index is 3.15. The van der Waals surface area contributed by atoms with Crippen LogP contribution in [0.5, 0.6) is 0 Å². The van der Waals surface area contributed by atoms with Crippen LogP contribution < -0.4 is 3.71 Å². The number of rotatable bonds is 10. The number of unbranched alkanes of at least 4 members (excludes halogenated alkanes) is 3. The van der Waals surface area contributed by atoms with Gasteiger partial charge in [-0.1, -0.05) is 0 Å². The minimum absolute atomic E-state index is 0.658. The van der Waals surface area contributed by atoms with E-state index in [9.17, 15) is 0 Å². The van der Waals surface area contributed by atoms with E-state index in [1.54, 1.807) is 6.20 Å². The van der Waals surface area contributed by atoms with Crippen LogP contribution >= 0.6 is 23.2 Å². The summed E-state index contributed by atoms with van der Waals surface area (Å²) in [6.45, 7) is 6.85. The molecule has 1 nitrogen and oxygen atoms in total. The molecule has 0 unspecified atom stereocenters. The Labute approximate surface area is 144 Å². The molecule has 0 fully saturated rings. The van der Waals surface area contributed by atoms with Gasteiger partial charge < -0.3 is 0 Å². The second kappa shape index (κ2) is 10.3. The van der Waals surface area contributed by atoms with Gasteiger partial charge in [0.05, 0.1) is 0 Å². The molecule has 0 aliphatic rings. The number of aromatic nitrogens is 1. The third-order valence-corrected chi connectivity index (χ3v) is 20.5. The van der Waals surface area contributed by atoms with Crippen molar-refractivity contribution in [3.8, 4) is 0 Å². The number of pyridine rings is 1. The maximum absolute atomic E-state index is 6.56. The van der Waals surface area contributed by atoms with Crippen molar-refractivity contribution >= 4 is 45.3 Å². The van der Waals surface area contributed by atoms with Crippen LogP contribution in [0, 0.1) is 0 Å². The zero-order valence-electron chi connectivity index (χ0n) is 13.7. The topological polar surface area (TPSA) is 12.9 Å². The Morgan fingerprint density at radius 2 is 1.38 bits per heavy atom. The Morgan fingerprint density at radius 1 is 0.905 bits per heavy atom. The molecule has 0 aliphatic heterocycles. The van der Waals surface area contributed by atoms with Crippen molar-refractivity contribution in [2.24, 2.45) is 0 Å². The molecule has 0 aromatic carbocycles. The summed E-state index contributed by atoms with van der Waals surface area (Å²) >= 11 is 10.1. The van der Waals surface area contributed by atoms with E-state index in [1.807, 2.05) is 6.07 Å². The average Bonchev–Trinajstić information content (AvgIpc) is 2.47. The van der Waals surface area contributed by atoms with Gasteiger partial charge >= 0.3 is 145 Å². The molecule has 1 heterocycles. The Hall–Kier alpha value is 0.529. The molecule has 1 aromatic heterocycles. The molecule has 0 spiro atoms. The SMILES string of the molecule is CCC[CH2][Sn]([CH2]CCC)([CH2]CCC)[c]1ncc(Cl)cc1Cl. The fourth-order valence-corrected chi connectivity index (χ4v) is 20.4. The zero-order chi connectivity index (χ0) is 15.7.